The van der Waals surface area contributed by atoms with E-state index in [1.165, 1.54) is 0 Å². The van der Waals surface area contributed by atoms with Crippen LogP contribution < -0.4 is 10.5 Å². The Kier molecular flexibility index (Phi) is 3.23. The van der Waals surface area contributed by atoms with Crippen molar-refractivity contribution in [3.05, 3.63) is 21.6 Å². The van der Waals surface area contributed by atoms with Gasteiger partial charge in [0.1, 0.15) is 0 Å². The first kappa shape index (κ1) is 13.1. The van der Waals surface area contributed by atoms with Crippen LogP contribution in [0.5, 0.6) is 0 Å². The molecule has 2 aliphatic rings. The van der Waals surface area contributed by atoms with E-state index < -0.39 is 5.97 Å². The Balaban J connectivity index is 1.97. The molecule has 0 saturated carbocycles. The van der Waals surface area contributed by atoms with Gasteiger partial charge in [0.15, 0.2) is 0 Å². The maximum atomic E-state index is 12.4. The number of carboxylic acid groups (broad SMARTS) is 1. The summed E-state index contributed by atoms with van der Waals surface area (Å²) in [4.78, 5) is 30.0. The lowest BCUT2D eigenvalue weighted by Gasteiger charge is -2.23. The topological polar surface area (TPSA) is 75.4 Å². The molecular weight excluding hydrogens is 258 g/mol. The molecule has 6 nitrogen and oxygen atoms in total. The molecule has 1 aromatic heterocycles. The van der Waals surface area contributed by atoms with E-state index in [0.29, 0.717) is 25.5 Å². The second-order valence-corrected chi connectivity index (χ2v) is 5.68. The van der Waals surface area contributed by atoms with Crippen LogP contribution in [0, 0.1) is 5.92 Å². The standard InChI is InChI=1S/C14H19N3O3/c1-16-12(18)10-4-2-3-5-11(10)15-14(16)17-7-6-9(8-17)13(19)20/h9H,2-8H2,1H3,(H,19,20)/t9-/m0/s1. The van der Waals surface area contributed by atoms with Crippen LogP contribution >= 0.6 is 0 Å². The highest BCUT2D eigenvalue weighted by molar-refractivity contribution is 5.71. The molecule has 3 rings (SSSR count). The molecule has 0 bridgehead atoms. The Morgan fingerprint density at radius 1 is 1.35 bits per heavy atom. The summed E-state index contributed by atoms with van der Waals surface area (Å²) in [5.74, 6) is -0.502. The predicted octanol–water partition coefficient (Wildman–Crippen LogP) is 0.570. The van der Waals surface area contributed by atoms with Gasteiger partial charge in [0.2, 0.25) is 5.95 Å². The number of nitrogens with zero attached hydrogens (tertiary/aromatic N) is 3. The van der Waals surface area contributed by atoms with Gasteiger partial charge in [-0.2, -0.15) is 0 Å². The molecule has 1 N–H and O–H groups in total. The summed E-state index contributed by atoms with van der Waals surface area (Å²) in [7, 11) is 1.73. The minimum atomic E-state index is -0.768. The molecule has 0 amide bonds. The highest BCUT2D eigenvalue weighted by Crippen LogP contribution is 2.24. The Morgan fingerprint density at radius 2 is 2.10 bits per heavy atom. The van der Waals surface area contributed by atoms with Crippen molar-refractivity contribution in [2.75, 3.05) is 18.0 Å². The minimum Gasteiger partial charge on any atom is -0.481 e. The summed E-state index contributed by atoms with van der Waals surface area (Å²) in [5.41, 5.74) is 1.79. The predicted molar refractivity (Wildman–Crippen MR) is 74.1 cm³/mol. The van der Waals surface area contributed by atoms with Crippen molar-refractivity contribution in [2.24, 2.45) is 13.0 Å². The van der Waals surface area contributed by atoms with Gasteiger partial charge in [-0.25, -0.2) is 4.98 Å². The third kappa shape index (κ3) is 2.09. The first-order chi connectivity index (χ1) is 9.58. The van der Waals surface area contributed by atoms with Gasteiger partial charge in [-0.1, -0.05) is 0 Å². The summed E-state index contributed by atoms with van der Waals surface area (Å²) in [6.45, 7) is 1.09. The molecule has 1 aliphatic heterocycles. The van der Waals surface area contributed by atoms with E-state index in [2.05, 4.69) is 4.98 Å². The second-order valence-electron chi connectivity index (χ2n) is 5.68. The van der Waals surface area contributed by atoms with Crippen LogP contribution in [0.2, 0.25) is 0 Å². The number of anilines is 1. The van der Waals surface area contributed by atoms with Gasteiger partial charge in [0.05, 0.1) is 11.6 Å². The fraction of sp³-hybridized carbons (Fsp3) is 0.643. The summed E-state index contributed by atoms with van der Waals surface area (Å²) < 4.78 is 1.58. The molecule has 0 unspecified atom stereocenters. The van der Waals surface area contributed by atoms with Crippen LogP contribution in [0.3, 0.4) is 0 Å². The molecule has 108 valence electrons. The fourth-order valence-electron chi connectivity index (χ4n) is 3.16. The Hall–Kier alpha value is -1.85. The smallest absolute Gasteiger partial charge is 0.308 e. The monoisotopic (exact) mass is 277 g/mol. The van der Waals surface area contributed by atoms with E-state index in [1.807, 2.05) is 4.90 Å². The normalized spacial score (nSPS) is 21.9. The van der Waals surface area contributed by atoms with Crippen LogP contribution in [-0.4, -0.2) is 33.7 Å². The zero-order chi connectivity index (χ0) is 14.3. The summed E-state index contributed by atoms with van der Waals surface area (Å²) in [6, 6.07) is 0. The quantitative estimate of drug-likeness (QED) is 0.855. The molecule has 6 heteroatoms. The third-order valence-electron chi connectivity index (χ3n) is 4.36. The summed E-state index contributed by atoms with van der Waals surface area (Å²) in [5, 5.41) is 9.08. The first-order valence-corrected chi connectivity index (χ1v) is 7.14. The van der Waals surface area contributed by atoms with E-state index >= 15 is 0 Å². The van der Waals surface area contributed by atoms with Crippen molar-refractivity contribution in [1.82, 2.24) is 9.55 Å². The zero-order valence-corrected chi connectivity index (χ0v) is 11.6. The van der Waals surface area contributed by atoms with Crippen LogP contribution in [0.1, 0.15) is 30.5 Å². The largest absolute Gasteiger partial charge is 0.481 e. The van der Waals surface area contributed by atoms with E-state index in [0.717, 1.165) is 36.9 Å². The van der Waals surface area contributed by atoms with Crippen LogP contribution in [0.25, 0.3) is 0 Å². The molecule has 0 spiro atoms. The van der Waals surface area contributed by atoms with Crippen LogP contribution in [0.15, 0.2) is 4.79 Å². The molecule has 2 heterocycles. The number of aryl methyl sites for hydroxylation is 1. The zero-order valence-electron chi connectivity index (χ0n) is 11.6. The van der Waals surface area contributed by atoms with E-state index in [9.17, 15) is 9.59 Å². The number of carbonyl (C=O) groups is 1. The number of rotatable bonds is 2. The SMILES string of the molecule is Cn1c(N2CC[C@H](C(=O)O)C2)nc2c(c1=O)CCCC2. The van der Waals surface area contributed by atoms with Crippen molar-refractivity contribution in [1.29, 1.82) is 0 Å². The van der Waals surface area contributed by atoms with Crippen LogP contribution in [0.4, 0.5) is 5.95 Å². The van der Waals surface area contributed by atoms with Gasteiger partial charge in [0, 0.05) is 25.7 Å². The van der Waals surface area contributed by atoms with Crippen molar-refractivity contribution in [2.45, 2.75) is 32.1 Å². The number of hydrogen-bond donors (Lipinski definition) is 1. The van der Waals surface area contributed by atoms with E-state index in [4.69, 9.17) is 5.11 Å². The number of fused-ring (bicyclic) bond motifs is 1. The Labute approximate surface area is 117 Å². The average molecular weight is 277 g/mol. The number of aromatic nitrogens is 2. The maximum absolute atomic E-state index is 12.4. The van der Waals surface area contributed by atoms with Gasteiger partial charge >= 0.3 is 5.97 Å². The molecule has 1 aromatic rings. The second kappa shape index (κ2) is 4.92. The minimum absolute atomic E-state index is 0.0310. The van der Waals surface area contributed by atoms with E-state index in [-0.39, 0.29) is 11.5 Å². The Bertz CT molecular complexity index is 608. The lowest BCUT2D eigenvalue weighted by Crippen LogP contribution is -2.34. The molecule has 1 fully saturated rings. The van der Waals surface area contributed by atoms with E-state index in [1.54, 1.807) is 11.6 Å². The fourth-order valence-corrected chi connectivity index (χ4v) is 3.16. The lowest BCUT2D eigenvalue weighted by atomic mass is 9.97. The van der Waals surface area contributed by atoms with Crippen molar-refractivity contribution in [3.63, 3.8) is 0 Å². The number of hydrogen-bond acceptors (Lipinski definition) is 4. The molecule has 20 heavy (non-hydrogen) atoms. The van der Waals surface area contributed by atoms with Gasteiger partial charge in [-0.05, 0) is 32.1 Å². The first-order valence-electron chi connectivity index (χ1n) is 7.14. The highest BCUT2D eigenvalue weighted by Gasteiger charge is 2.31. The van der Waals surface area contributed by atoms with Crippen LogP contribution in [-0.2, 0) is 24.7 Å². The van der Waals surface area contributed by atoms with Crippen molar-refractivity contribution < 1.29 is 9.90 Å². The maximum Gasteiger partial charge on any atom is 0.308 e. The van der Waals surface area contributed by atoms with Gasteiger partial charge in [-0.15, -0.1) is 0 Å². The van der Waals surface area contributed by atoms with Crippen molar-refractivity contribution in [3.8, 4) is 0 Å². The molecular formula is C14H19N3O3. The van der Waals surface area contributed by atoms with Crippen molar-refractivity contribution >= 4 is 11.9 Å². The summed E-state index contributed by atoms with van der Waals surface area (Å²) >= 11 is 0. The van der Waals surface area contributed by atoms with Gasteiger partial charge in [0.25, 0.3) is 5.56 Å². The Morgan fingerprint density at radius 3 is 2.80 bits per heavy atom. The third-order valence-corrected chi connectivity index (χ3v) is 4.36. The molecule has 1 aliphatic carbocycles. The molecule has 0 aromatic carbocycles. The van der Waals surface area contributed by atoms with Gasteiger partial charge in [-0.3, -0.25) is 14.2 Å². The molecule has 1 saturated heterocycles. The molecule has 1 atom stereocenters. The lowest BCUT2D eigenvalue weighted by molar-refractivity contribution is -0.140. The molecule has 0 radical (unpaired) electrons. The summed E-state index contributed by atoms with van der Waals surface area (Å²) in [6.07, 6.45) is 4.41. The highest BCUT2D eigenvalue weighted by atomic mass is 16.4. The number of aliphatic carboxylic acids is 1. The van der Waals surface area contributed by atoms with Gasteiger partial charge < -0.3 is 10.0 Å². The number of carboxylic acids is 1. The average Bonchev–Trinajstić information content (AvgIpc) is 2.92.